The first-order chi connectivity index (χ1) is 8.01. The first-order valence-electron chi connectivity index (χ1n) is 5.48. The lowest BCUT2D eigenvalue weighted by Crippen LogP contribution is -2.35. The zero-order valence-corrected chi connectivity index (χ0v) is 12.4. The minimum atomic E-state index is -0.327. The first kappa shape index (κ1) is 13.1. The van der Waals surface area contributed by atoms with E-state index in [1.807, 2.05) is 25.1 Å². The van der Waals surface area contributed by atoms with E-state index >= 15 is 0 Å². The zero-order valence-electron chi connectivity index (χ0n) is 9.52. The van der Waals surface area contributed by atoms with E-state index in [0.717, 1.165) is 23.1 Å². The molecule has 1 saturated heterocycles. The molecule has 1 amide bonds. The maximum atomic E-state index is 12.2. The number of anilines is 1. The molecule has 1 aliphatic rings. The Bertz CT molecular complexity index is 444. The largest absolute Gasteiger partial charge is 0.324 e. The maximum Gasteiger partial charge on any atom is 0.231 e. The Morgan fingerprint density at radius 3 is 2.94 bits per heavy atom. The van der Waals surface area contributed by atoms with Gasteiger partial charge in [0.25, 0.3) is 0 Å². The van der Waals surface area contributed by atoms with Crippen molar-refractivity contribution in [3.8, 4) is 0 Å². The highest BCUT2D eigenvalue weighted by Crippen LogP contribution is 2.29. The first-order valence-corrected chi connectivity index (χ1v) is 6.94. The van der Waals surface area contributed by atoms with E-state index in [9.17, 15) is 4.79 Å². The van der Waals surface area contributed by atoms with E-state index < -0.39 is 0 Å². The van der Waals surface area contributed by atoms with Crippen LogP contribution in [0.2, 0.25) is 5.02 Å². The van der Waals surface area contributed by atoms with Crippen LogP contribution in [0.1, 0.15) is 13.3 Å². The van der Waals surface area contributed by atoms with Gasteiger partial charge in [0.15, 0.2) is 0 Å². The van der Waals surface area contributed by atoms with Crippen molar-refractivity contribution in [1.29, 1.82) is 0 Å². The average Bonchev–Trinajstić information content (AvgIpc) is 2.71. The van der Waals surface area contributed by atoms with Gasteiger partial charge in [-0.05, 0) is 60.7 Å². The number of carbonyl (C=O) groups excluding carboxylic acids is 1. The Balaban J connectivity index is 2.13. The van der Waals surface area contributed by atoms with Crippen LogP contribution >= 0.6 is 34.2 Å². The molecular weight excluding hydrogens is 351 g/mol. The summed E-state index contributed by atoms with van der Waals surface area (Å²) in [6.45, 7) is 3.59. The highest BCUT2D eigenvalue weighted by atomic mass is 127. The third-order valence-electron chi connectivity index (χ3n) is 3.10. The van der Waals surface area contributed by atoms with Gasteiger partial charge >= 0.3 is 0 Å². The van der Waals surface area contributed by atoms with Crippen molar-refractivity contribution in [3.63, 3.8) is 0 Å². The molecule has 0 spiro atoms. The molecule has 1 unspecified atom stereocenters. The van der Waals surface area contributed by atoms with Crippen molar-refractivity contribution < 1.29 is 4.79 Å². The Morgan fingerprint density at radius 1 is 1.59 bits per heavy atom. The molecule has 0 radical (unpaired) electrons. The summed E-state index contributed by atoms with van der Waals surface area (Å²) in [7, 11) is 0. The van der Waals surface area contributed by atoms with Crippen LogP contribution in [0.4, 0.5) is 5.69 Å². The number of hydrogen-bond donors (Lipinski definition) is 2. The highest BCUT2D eigenvalue weighted by molar-refractivity contribution is 14.1. The van der Waals surface area contributed by atoms with Gasteiger partial charge in [0, 0.05) is 10.1 Å². The number of halogens is 2. The fraction of sp³-hybridized carbons (Fsp3) is 0.417. The Morgan fingerprint density at radius 2 is 2.35 bits per heavy atom. The fourth-order valence-corrected chi connectivity index (χ4v) is 2.78. The van der Waals surface area contributed by atoms with Gasteiger partial charge < -0.3 is 10.6 Å². The minimum absolute atomic E-state index is 0.0330. The number of nitrogens with one attached hydrogen (secondary N) is 2. The molecule has 0 aromatic heterocycles. The van der Waals surface area contributed by atoms with Crippen LogP contribution in [0, 0.1) is 8.99 Å². The van der Waals surface area contributed by atoms with Crippen molar-refractivity contribution in [2.45, 2.75) is 13.3 Å². The average molecular weight is 365 g/mol. The summed E-state index contributed by atoms with van der Waals surface area (Å²) in [5.41, 5.74) is 0.358. The number of carbonyl (C=O) groups is 1. The van der Waals surface area contributed by atoms with Crippen LogP contribution in [0.25, 0.3) is 0 Å². The smallest absolute Gasteiger partial charge is 0.231 e. The van der Waals surface area contributed by atoms with Crippen LogP contribution in [0.15, 0.2) is 18.2 Å². The van der Waals surface area contributed by atoms with Crippen molar-refractivity contribution in [3.05, 3.63) is 26.8 Å². The summed E-state index contributed by atoms with van der Waals surface area (Å²) in [4.78, 5) is 12.2. The van der Waals surface area contributed by atoms with Gasteiger partial charge in [-0.15, -0.1) is 0 Å². The third-order valence-corrected chi connectivity index (χ3v) is 4.08. The summed E-state index contributed by atoms with van der Waals surface area (Å²) in [6, 6.07) is 5.61. The summed E-state index contributed by atoms with van der Waals surface area (Å²) in [5, 5.41) is 6.70. The number of amides is 1. The van der Waals surface area contributed by atoms with Gasteiger partial charge in [-0.1, -0.05) is 11.6 Å². The van der Waals surface area contributed by atoms with Crippen LogP contribution in [-0.2, 0) is 4.79 Å². The molecule has 0 aliphatic carbocycles. The molecule has 2 N–H and O–H groups in total. The lowest BCUT2D eigenvalue weighted by atomic mass is 9.89. The molecule has 2 rings (SSSR count). The van der Waals surface area contributed by atoms with Crippen LogP contribution in [-0.4, -0.2) is 19.0 Å². The molecule has 1 aliphatic heterocycles. The standard InChI is InChI=1S/C12H14ClIN2O/c1-12(4-5-15-7-12)11(17)16-10-3-2-8(14)6-9(10)13/h2-3,6,15H,4-5,7H2,1H3,(H,16,17). The lowest BCUT2D eigenvalue weighted by molar-refractivity contribution is -0.123. The minimum Gasteiger partial charge on any atom is -0.324 e. The predicted molar refractivity (Wildman–Crippen MR) is 78.4 cm³/mol. The Kier molecular flexibility index (Phi) is 3.95. The molecule has 1 aromatic carbocycles. The van der Waals surface area contributed by atoms with Gasteiger partial charge in [-0.25, -0.2) is 0 Å². The van der Waals surface area contributed by atoms with Crippen molar-refractivity contribution >= 4 is 45.8 Å². The summed E-state index contributed by atoms with van der Waals surface area (Å²) in [6.07, 6.45) is 0.862. The van der Waals surface area contributed by atoms with Gasteiger partial charge in [0.05, 0.1) is 16.1 Å². The van der Waals surface area contributed by atoms with Crippen LogP contribution in [0.3, 0.4) is 0 Å². The summed E-state index contributed by atoms with van der Waals surface area (Å²) >= 11 is 8.28. The maximum absolute atomic E-state index is 12.2. The number of hydrogen-bond acceptors (Lipinski definition) is 2. The van der Waals surface area contributed by atoms with Gasteiger partial charge in [0.2, 0.25) is 5.91 Å². The molecule has 1 aromatic rings. The monoisotopic (exact) mass is 364 g/mol. The highest BCUT2D eigenvalue weighted by Gasteiger charge is 2.36. The molecule has 17 heavy (non-hydrogen) atoms. The quantitative estimate of drug-likeness (QED) is 0.792. The van der Waals surface area contributed by atoms with Crippen molar-refractivity contribution in [2.24, 2.45) is 5.41 Å². The van der Waals surface area contributed by atoms with Gasteiger partial charge in [-0.3, -0.25) is 4.79 Å². The molecule has 0 bridgehead atoms. The van der Waals surface area contributed by atoms with E-state index in [4.69, 9.17) is 11.6 Å². The van der Waals surface area contributed by atoms with Crippen molar-refractivity contribution in [2.75, 3.05) is 18.4 Å². The van der Waals surface area contributed by atoms with E-state index in [0.29, 0.717) is 10.7 Å². The van der Waals surface area contributed by atoms with Gasteiger partial charge in [0.1, 0.15) is 0 Å². The molecule has 3 nitrogen and oxygen atoms in total. The molecular formula is C12H14ClIN2O. The van der Waals surface area contributed by atoms with Crippen LogP contribution < -0.4 is 10.6 Å². The Hall–Kier alpha value is -0.330. The second kappa shape index (κ2) is 5.12. The van der Waals surface area contributed by atoms with Crippen molar-refractivity contribution in [1.82, 2.24) is 5.32 Å². The van der Waals surface area contributed by atoms with E-state index in [1.54, 1.807) is 0 Å². The predicted octanol–water partition coefficient (Wildman–Crippen LogP) is 2.88. The second-order valence-corrected chi connectivity index (χ2v) is 6.22. The van der Waals surface area contributed by atoms with E-state index in [1.165, 1.54) is 0 Å². The zero-order chi connectivity index (χ0) is 12.5. The molecule has 1 heterocycles. The molecule has 5 heteroatoms. The summed E-state index contributed by atoms with van der Waals surface area (Å²) < 4.78 is 1.05. The van der Waals surface area contributed by atoms with E-state index in [-0.39, 0.29) is 11.3 Å². The summed E-state index contributed by atoms with van der Waals surface area (Å²) in [5.74, 6) is 0.0330. The number of benzene rings is 1. The normalized spacial score (nSPS) is 23.7. The van der Waals surface area contributed by atoms with E-state index in [2.05, 4.69) is 33.2 Å². The SMILES string of the molecule is CC1(C(=O)Nc2ccc(I)cc2Cl)CCNC1. The van der Waals surface area contributed by atoms with Crippen LogP contribution in [0.5, 0.6) is 0 Å². The topological polar surface area (TPSA) is 41.1 Å². The molecule has 92 valence electrons. The lowest BCUT2D eigenvalue weighted by Gasteiger charge is -2.21. The van der Waals surface area contributed by atoms with Gasteiger partial charge in [-0.2, -0.15) is 0 Å². The molecule has 0 saturated carbocycles. The Labute approximate surface area is 119 Å². The molecule has 1 atom stereocenters. The second-order valence-electron chi connectivity index (χ2n) is 4.57. The molecule has 1 fully saturated rings. The third kappa shape index (κ3) is 2.92. The number of rotatable bonds is 2. The fourth-order valence-electron chi connectivity index (χ4n) is 1.87.